The van der Waals surface area contributed by atoms with Gasteiger partial charge in [-0.1, -0.05) is 32.1 Å². The highest BCUT2D eigenvalue weighted by atomic mass is 32.2. The van der Waals surface area contributed by atoms with Crippen molar-refractivity contribution in [2.75, 3.05) is 17.7 Å². The van der Waals surface area contributed by atoms with E-state index in [0.29, 0.717) is 22.9 Å². The number of esters is 1. The molecule has 39 heavy (non-hydrogen) atoms. The molecule has 2 aliphatic carbocycles. The highest BCUT2D eigenvalue weighted by molar-refractivity contribution is 7.90. The molecular weight excluding hydrogens is 531 g/mol. The maximum atomic E-state index is 15.2. The van der Waals surface area contributed by atoms with Gasteiger partial charge >= 0.3 is 11.7 Å². The van der Waals surface area contributed by atoms with E-state index >= 15 is 4.39 Å². The molecule has 2 N–H and O–H groups in total. The summed E-state index contributed by atoms with van der Waals surface area (Å²) >= 11 is 0. The van der Waals surface area contributed by atoms with Gasteiger partial charge in [0.05, 0.1) is 29.0 Å². The van der Waals surface area contributed by atoms with Gasteiger partial charge in [-0.15, -0.1) is 0 Å². The van der Waals surface area contributed by atoms with E-state index in [4.69, 9.17) is 4.74 Å². The molecule has 11 nitrogen and oxygen atoms in total. The molecule has 1 amide bonds. The van der Waals surface area contributed by atoms with Crippen molar-refractivity contribution >= 4 is 38.5 Å². The molecule has 0 radical (unpaired) electrons. The van der Waals surface area contributed by atoms with Crippen LogP contribution in [0.3, 0.4) is 0 Å². The number of aromatic nitrogens is 2. The molecule has 2 aliphatic rings. The fraction of sp³-hybridized carbons (Fsp3) is 0.615. The smallest absolute Gasteiger partial charge is 0.332 e. The molecule has 214 valence electrons. The molecule has 0 spiro atoms. The third kappa shape index (κ3) is 7.06. The third-order valence-corrected chi connectivity index (χ3v) is 8.71. The minimum atomic E-state index is -4.10. The van der Waals surface area contributed by atoms with E-state index in [-0.39, 0.29) is 36.2 Å². The summed E-state index contributed by atoms with van der Waals surface area (Å²) in [5.41, 5.74) is -1.08. The lowest BCUT2D eigenvalue weighted by atomic mass is 9.95. The van der Waals surface area contributed by atoms with Gasteiger partial charge in [-0.25, -0.2) is 17.6 Å². The zero-order valence-corrected chi connectivity index (χ0v) is 22.9. The lowest BCUT2D eigenvalue weighted by Gasteiger charge is -2.25. The lowest BCUT2D eigenvalue weighted by Crippen LogP contribution is -2.45. The van der Waals surface area contributed by atoms with Crippen LogP contribution in [0, 0.1) is 5.82 Å². The molecule has 1 aromatic heterocycles. The first-order valence-electron chi connectivity index (χ1n) is 13.5. The molecule has 0 unspecified atom stereocenters. The number of anilines is 1. The molecule has 2 saturated carbocycles. The second-order valence-corrected chi connectivity index (χ2v) is 12.2. The van der Waals surface area contributed by atoms with Crippen LogP contribution in [0.25, 0.3) is 10.9 Å². The quantitative estimate of drug-likeness (QED) is 0.330. The Morgan fingerprint density at radius 3 is 2.38 bits per heavy atom. The summed E-state index contributed by atoms with van der Waals surface area (Å²) in [6.45, 7) is 0.215. The van der Waals surface area contributed by atoms with Crippen molar-refractivity contribution in [2.45, 2.75) is 89.8 Å². The Bertz CT molecular complexity index is 1460. The van der Waals surface area contributed by atoms with Crippen LogP contribution in [-0.2, 0) is 30.9 Å². The predicted octanol–water partition coefficient (Wildman–Crippen LogP) is 2.56. The van der Waals surface area contributed by atoms with E-state index in [2.05, 4.69) is 5.32 Å². The van der Waals surface area contributed by atoms with Gasteiger partial charge in [-0.3, -0.25) is 28.2 Å². The average Bonchev–Trinajstić information content (AvgIpc) is 3.40. The predicted molar refractivity (Wildman–Crippen MR) is 144 cm³/mol. The Hall–Kier alpha value is -3.22. The molecule has 1 aromatic carbocycles. The Labute approximate surface area is 225 Å². The van der Waals surface area contributed by atoms with Gasteiger partial charge in [0.1, 0.15) is 12.4 Å². The van der Waals surface area contributed by atoms with Crippen molar-refractivity contribution in [1.82, 2.24) is 13.9 Å². The average molecular weight is 567 g/mol. The van der Waals surface area contributed by atoms with E-state index in [0.717, 1.165) is 51.0 Å². The Kier molecular flexibility index (Phi) is 9.08. The number of sulfonamides is 1. The number of hydrogen-bond donors (Lipinski definition) is 2. The molecule has 0 aliphatic heterocycles. The van der Waals surface area contributed by atoms with E-state index < -0.39 is 51.3 Å². The van der Waals surface area contributed by atoms with Gasteiger partial charge in [0.15, 0.2) is 0 Å². The number of benzene rings is 1. The first-order valence-corrected chi connectivity index (χ1v) is 15.1. The number of fused-ring (bicyclic) bond motifs is 1. The maximum Gasteiger partial charge on any atom is 0.332 e. The molecule has 0 atom stereocenters. The largest absolute Gasteiger partial charge is 0.466 e. The molecule has 0 saturated heterocycles. The number of rotatable bonds is 10. The number of nitrogens with zero attached hydrogens (tertiary/aromatic N) is 2. The van der Waals surface area contributed by atoms with Crippen molar-refractivity contribution in [3.8, 4) is 0 Å². The highest BCUT2D eigenvalue weighted by Gasteiger charge is 2.26. The van der Waals surface area contributed by atoms with Gasteiger partial charge in [-0.2, -0.15) is 0 Å². The van der Waals surface area contributed by atoms with Crippen molar-refractivity contribution < 1.29 is 27.1 Å². The van der Waals surface area contributed by atoms with Crippen LogP contribution in [0.2, 0.25) is 0 Å². The minimum Gasteiger partial charge on any atom is -0.466 e. The molecule has 0 bridgehead atoms. The number of halogens is 1. The number of carbonyl (C=O) groups excluding carboxylic acids is 2. The minimum absolute atomic E-state index is 0.0386. The fourth-order valence-corrected chi connectivity index (χ4v) is 6.51. The maximum absolute atomic E-state index is 15.2. The summed E-state index contributed by atoms with van der Waals surface area (Å²) < 4.78 is 48.4. The number of nitrogens with one attached hydrogen (secondary N) is 2. The summed E-state index contributed by atoms with van der Waals surface area (Å²) in [5, 5.41) is 3.19. The number of ether oxygens (including phenoxy) is 1. The van der Waals surface area contributed by atoms with E-state index in [9.17, 15) is 27.6 Å². The zero-order chi connectivity index (χ0) is 28.2. The van der Waals surface area contributed by atoms with Crippen molar-refractivity contribution in [2.24, 2.45) is 0 Å². The third-order valence-electron chi connectivity index (χ3n) is 7.35. The summed E-state index contributed by atoms with van der Waals surface area (Å²) in [6, 6.07) is 2.48. The van der Waals surface area contributed by atoms with Gasteiger partial charge in [0.2, 0.25) is 10.0 Å². The summed E-state index contributed by atoms with van der Waals surface area (Å²) in [4.78, 5) is 50.4. The number of carbonyl (C=O) groups is 2. The molecule has 2 fully saturated rings. The normalized spacial score (nSPS) is 16.9. The van der Waals surface area contributed by atoms with E-state index in [1.807, 2.05) is 4.72 Å². The summed E-state index contributed by atoms with van der Waals surface area (Å²) in [6.07, 6.45) is 8.19. The van der Waals surface area contributed by atoms with Gasteiger partial charge in [-0.05, 0) is 44.2 Å². The molecule has 1 heterocycles. The SMILES string of the molecule is CC(=O)OCCCS(=O)(=O)NC(=O)Cn1c(=O)c2cc(F)c(NC3CCCCC3)cc2n(C2CCCC2)c1=O. The van der Waals surface area contributed by atoms with Crippen LogP contribution in [0.4, 0.5) is 10.1 Å². The molecule has 4 rings (SSSR count). The van der Waals surface area contributed by atoms with Crippen LogP contribution in [0.1, 0.15) is 77.2 Å². The molecule has 2 aromatic rings. The van der Waals surface area contributed by atoms with Crippen molar-refractivity contribution in [1.29, 1.82) is 0 Å². The standard InChI is InChI=1S/C26H35FN4O7S/c1-17(32)38-12-7-13-39(36,37)29-24(33)16-30-25(34)20-14-21(27)22(28-18-8-3-2-4-9-18)15-23(20)31(26(30)35)19-10-5-6-11-19/h14-15,18-19,28H,2-13,16H2,1H3,(H,29,33). The lowest BCUT2D eigenvalue weighted by molar-refractivity contribution is -0.140. The van der Waals surface area contributed by atoms with Crippen molar-refractivity contribution in [3.63, 3.8) is 0 Å². The fourth-order valence-electron chi connectivity index (χ4n) is 5.50. The van der Waals surface area contributed by atoms with Crippen LogP contribution >= 0.6 is 0 Å². The van der Waals surface area contributed by atoms with Gasteiger partial charge < -0.3 is 10.1 Å². The van der Waals surface area contributed by atoms with Crippen LogP contribution < -0.4 is 21.3 Å². The van der Waals surface area contributed by atoms with Crippen LogP contribution in [-0.4, -0.2) is 47.8 Å². The summed E-state index contributed by atoms with van der Waals surface area (Å²) in [5.74, 6) is -2.75. The first-order chi connectivity index (χ1) is 18.6. The van der Waals surface area contributed by atoms with E-state index in [1.165, 1.54) is 17.6 Å². The zero-order valence-electron chi connectivity index (χ0n) is 22.0. The van der Waals surface area contributed by atoms with Crippen LogP contribution in [0.5, 0.6) is 0 Å². The topological polar surface area (TPSA) is 146 Å². The summed E-state index contributed by atoms with van der Waals surface area (Å²) in [7, 11) is -4.10. The number of amides is 1. The van der Waals surface area contributed by atoms with Gasteiger partial charge in [0.25, 0.3) is 11.5 Å². The number of hydrogen-bond acceptors (Lipinski definition) is 8. The van der Waals surface area contributed by atoms with E-state index in [1.54, 1.807) is 0 Å². The van der Waals surface area contributed by atoms with Crippen molar-refractivity contribution in [3.05, 3.63) is 38.8 Å². The first kappa shape index (κ1) is 28.8. The Balaban J connectivity index is 1.65. The second-order valence-electron chi connectivity index (χ2n) is 10.3. The highest BCUT2D eigenvalue weighted by Crippen LogP contribution is 2.32. The monoisotopic (exact) mass is 566 g/mol. The molecular formula is C26H35FN4O7S. The Morgan fingerprint density at radius 2 is 1.72 bits per heavy atom. The van der Waals surface area contributed by atoms with Crippen LogP contribution in [0.15, 0.2) is 21.7 Å². The second kappa shape index (κ2) is 12.3. The molecule has 13 heteroatoms. The Morgan fingerprint density at radius 1 is 1.05 bits per heavy atom. The van der Waals surface area contributed by atoms with Gasteiger partial charge in [0, 0.05) is 19.0 Å².